The number of likely N-dealkylation sites (N-methyl/N-ethyl adjacent to an activating group) is 1. The number of benzene rings is 1. The molecule has 1 fully saturated rings. The van der Waals surface area contributed by atoms with E-state index in [-0.39, 0.29) is 0 Å². The summed E-state index contributed by atoms with van der Waals surface area (Å²) < 4.78 is 0. The van der Waals surface area contributed by atoms with Gasteiger partial charge in [0.15, 0.2) is 0 Å². The van der Waals surface area contributed by atoms with Gasteiger partial charge in [-0.25, -0.2) is 0 Å². The van der Waals surface area contributed by atoms with Crippen LogP contribution in [-0.2, 0) is 0 Å². The number of rotatable bonds is 4. The molecule has 0 bridgehead atoms. The lowest BCUT2D eigenvalue weighted by Gasteiger charge is -2.17. The van der Waals surface area contributed by atoms with Gasteiger partial charge in [0.2, 0.25) is 0 Å². The van der Waals surface area contributed by atoms with Crippen molar-refractivity contribution in [2.45, 2.75) is 32.6 Å². The maximum Gasteiger partial charge on any atom is 0.00198 e. The van der Waals surface area contributed by atoms with Crippen molar-refractivity contribution in [1.29, 1.82) is 0 Å². The van der Waals surface area contributed by atoms with Crippen LogP contribution in [0.5, 0.6) is 0 Å². The van der Waals surface area contributed by atoms with E-state index in [1.807, 2.05) is 0 Å². The highest BCUT2D eigenvalue weighted by Gasteiger charge is 2.31. The first-order chi connectivity index (χ1) is 7.22. The zero-order valence-electron chi connectivity index (χ0n) is 10.0. The second-order valence-corrected chi connectivity index (χ2v) is 4.85. The van der Waals surface area contributed by atoms with Crippen molar-refractivity contribution in [1.82, 2.24) is 5.32 Å². The van der Waals surface area contributed by atoms with Crippen LogP contribution in [0.3, 0.4) is 0 Å². The lowest BCUT2D eigenvalue weighted by Crippen LogP contribution is -2.18. The van der Waals surface area contributed by atoms with Crippen LogP contribution in [0.2, 0.25) is 0 Å². The van der Waals surface area contributed by atoms with E-state index >= 15 is 0 Å². The quantitative estimate of drug-likeness (QED) is 0.793. The molecule has 1 heteroatoms. The first-order valence-electron chi connectivity index (χ1n) is 5.94. The summed E-state index contributed by atoms with van der Waals surface area (Å²) >= 11 is 0. The smallest absolute Gasteiger partial charge is 0.00198 e. The Kier molecular flexibility index (Phi) is 3.11. The van der Waals surface area contributed by atoms with Crippen molar-refractivity contribution in [3.8, 4) is 0 Å². The molecule has 0 spiro atoms. The van der Waals surface area contributed by atoms with Gasteiger partial charge < -0.3 is 5.32 Å². The van der Waals surface area contributed by atoms with Crippen molar-refractivity contribution < 1.29 is 0 Å². The van der Waals surface area contributed by atoms with Gasteiger partial charge in [0, 0.05) is 6.54 Å². The van der Waals surface area contributed by atoms with Gasteiger partial charge in [-0.15, -0.1) is 0 Å². The van der Waals surface area contributed by atoms with Crippen LogP contribution < -0.4 is 5.32 Å². The van der Waals surface area contributed by atoms with E-state index in [4.69, 9.17) is 0 Å². The molecule has 82 valence electrons. The Morgan fingerprint density at radius 3 is 2.53 bits per heavy atom. The van der Waals surface area contributed by atoms with Gasteiger partial charge in [0.1, 0.15) is 0 Å². The van der Waals surface area contributed by atoms with Gasteiger partial charge in [-0.05, 0) is 62.3 Å². The molecular formula is C14H21N. The summed E-state index contributed by atoms with van der Waals surface area (Å²) in [5.41, 5.74) is 4.35. The van der Waals surface area contributed by atoms with Crippen LogP contribution in [0.25, 0.3) is 0 Å². The lowest BCUT2D eigenvalue weighted by molar-refractivity contribution is 0.566. The molecule has 0 radical (unpaired) electrons. The topological polar surface area (TPSA) is 12.0 Å². The molecule has 0 heterocycles. The monoisotopic (exact) mass is 203 g/mol. The first-order valence-corrected chi connectivity index (χ1v) is 5.94. The third kappa shape index (κ3) is 2.40. The van der Waals surface area contributed by atoms with Gasteiger partial charge in [0.05, 0.1) is 0 Å². The molecule has 1 saturated carbocycles. The van der Waals surface area contributed by atoms with Crippen molar-refractivity contribution in [3.05, 3.63) is 34.9 Å². The maximum atomic E-state index is 3.32. The fraction of sp³-hybridized carbons (Fsp3) is 0.571. The van der Waals surface area contributed by atoms with E-state index in [1.54, 1.807) is 0 Å². The van der Waals surface area contributed by atoms with Gasteiger partial charge >= 0.3 is 0 Å². The average molecular weight is 203 g/mol. The maximum absolute atomic E-state index is 3.32. The minimum absolute atomic E-state index is 0.731. The third-order valence-corrected chi connectivity index (χ3v) is 3.57. The summed E-state index contributed by atoms with van der Waals surface area (Å²) in [5, 5.41) is 3.32. The van der Waals surface area contributed by atoms with Crippen LogP contribution in [0, 0.1) is 19.8 Å². The van der Waals surface area contributed by atoms with Crippen molar-refractivity contribution in [2.75, 3.05) is 13.6 Å². The Morgan fingerprint density at radius 1 is 1.27 bits per heavy atom. The minimum atomic E-state index is 0.731. The zero-order valence-corrected chi connectivity index (χ0v) is 10.0. The predicted molar refractivity (Wildman–Crippen MR) is 65.3 cm³/mol. The standard InChI is InChI=1S/C14H21N/c1-10-4-5-13(8-11(10)2)14(9-15-3)12-6-7-12/h4-5,8,12,14-15H,6-7,9H2,1-3H3. The third-order valence-electron chi connectivity index (χ3n) is 3.57. The molecule has 1 nitrogen and oxygen atoms in total. The molecule has 0 amide bonds. The predicted octanol–water partition coefficient (Wildman–Crippen LogP) is 3.02. The Balaban J connectivity index is 2.21. The molecule has 1 aliphatic rings. The molecule has 1 aromatic carbocycles. The number of aryl methyl sites for hydroxylation is 2. The minimum Gasteiger partial charge on any atom is -0.319 e. The second-order valence-electron chi connectivity index (χ2n) is 4.85. The molecule has 1 aliphatic carbocycles. The lowest BCUT2D eigenvalue weighted by atomic mass is 9.92. The summed E-state index contributed by atoms with van der Waals surface area (Å²) in [4.78, 5) is 0. The van der Waals surface area contributed by atoms with Crippen molar-refractivity contribution in [3.63, 3.8) is 0 Å². The van der Waals surface area contributed by atoms with Crippen LogP contribution >= 0.6 is 0 Å². The van der Waals surface area contributed by atoms with E-state index in [2.05, 4.69) is 44.4 Å². The molecule has 2 rings (SSSR count). The molecule has 0 aromatic heterocycles. The Morgan fingerprint density at radius 2 is 2.00 bits per heavy atom. The summed E-state index contributed by atoms with van der Waals surface area (Å²) in [5.74, 6) is 1.66. The Bertz CT molecular complexity index is 339. The highest BCUT2D eigenvalue weighted by Crippen LogP contribution is 2.42. The van der Waals surface area contributed by atoms with Gasteiger partial charge in [0.25, 0.3) is 0 Å². The molecule has 1 aromatic rings. The summed E-state index contributed by atoms with van der Waals surface area (Å²) in [6.45, 7) is 5.51. The van der Waals surface area contributed by atoms with Gasteiger partial charge in [-0.2, -0.15) is 0 Å². The van der Waals surface area contributed by atoms with Crippen molar-refractivity contribution in [2.24, 2.45) is 5.92 Å². The highest BCUT2D eigenvalue weighted by molar-refractivity contribution is 5.33. The second kappa shape index (κ2) is 4.36. The molecule has 1 N–H and O–H groups in total. The van der Waals surface area contributed by atoms with Crippen molar-refractivity contribution >= 4 is 0 Å². The highest BCUT2D eigenvalue weighted by atomic mass is 14.8. The van der Waals surface area contributed by atoms with E-state index < -0.39 is 0 Å². The normalized spacial score (nSPS) is 17.8. The van der Waals surface area contributed by atoms with E-state index in [0.717, 1.165) is 18.4 Å². The van der Waals surface area contributed by atoms with Crippen LogP contribution in [0.4, 0.5) is 0 Å². The number of nitrogens with one attached hydrogen (secondary N) is 1. The SMILES string of the molecule is CNCC(c1ccc(C)c(C)c1)C1CC1. The largest absolute Gasteiger partial charge is 0.319 e. The molecule has 1 unspecified atom stereocenters. The average Bonchev–Trinajstić information content (AvgIpc) is 3.02. The molecule has 1 atom stereocenters. The van der Waals surface area contributed by atoms with E-state index in [1.165, 1.54) is 29.5 Å². The fourth-order valence-electron chi connectivity index (χ4n) is 2.27. The molecule has 0 saturated heterocycles. The van der Waals surface area contributed by atoms with Gasteiger partial charge in [-0.3, -0.25) is 0 Å². The molecule has 15 heavy (non-hydrogen) atoms. The Labute approximate surface area is 92.9 Å². The molecular weight excluding hydrogens is 182 g/mol. The van der Waals surface area contributed by atoms with Gasteiger partial charge in [-0.1, -0.05) is 18.2 Å². The van der Waals surface area contributed by atoms with Crippen LogP contribution in [0.15, 0.2) is 18.2 Å². The molecule has 0 aliphatic heterocycles. The van der Waals surface area contributed by atoms with E-state index in [0.29, 0.717) is 0 Å². The fourth-order valence-corrected chi connectivity index (χ4v) is 2.27. The van der Waals surface area contributed by atoms with Crippen LogP contribution in [-0.4, -0.2) is 13.6 Å². The summed E-state index contributed by atoms with van der Waals surface area (Å²) in [7, 11) is 2.05. The Hall–Kier alpha value is -0.820. The number of hydrogen-bond donors (Lipinski definition) is 1. The first kappa shape index (κ1) is 10.7. The zero-order chi connectivity index (χ0) is 10.8. The van der Waals surface area contributed by atoms with E-state index in [9.17, 15) is 0 Å². The number of hydrogen-bond acceptors (Lipinski definition) is 1. The van der Waals surface area contributed by atoms with Crippen LogP contribution in [0.1, 0.15) is 35.4 Å². The summed E-state index contributed by atoms with van der Waals surface area (Å²) in [6.07, 6.45) is 2.83. The summed E-state index contributed by atoms with van der Waals surface area (Å²) in [6, 6.07) is 6.94.